The van der Waals surface area contributed by atoms with Gasteiger partial charge in [0.1, 0.15) is 11.5 Å². The summed E-state index contributed by atoms with van der Waals surface area (Å²) in [5.74, 6) is 0.571. The van der Waals surface area contributed by atoms with Gasteiger partial charge in [0.25, 0.3) is 5.91 Å². The van der Waals surface area contributed by atoms with E-state index < -0.39 is 0 Å². The van der Waals surface area contributed by atoms with Gasteiger partial charge in [0.05, 0.1) is 31.9 Å². The zero-order valence-corrected chi connectivity index (χ0v) is 16.2. The molecule has 0 saturated carbocycles. The van der Waals surface area contributed by atoms with Crippen molar-refractivity contribution in [1.82, 2.24) is 10.6 Å². The number of aryl methyl sites for hydroxylation is 1. The van der Waals surface area contributed by atoms with Crippen molar-refractivity contribution in [2.75, 3.05) is 20.3 Å². The molecule has 2 rings (SSSR count). The highest BCUT2D eigenvalue weighted by Gasteiger charge is 2.16. The van der Waals surface area contributed by atoms with Crippen LogP contribution >= 0.6 is 0 Å². The molecule has 0 radical (unpaired) electrons. The van der Waals surface area contributed by atoms with E-state index in [4.69, 9.17) is 9.47 Å². The van der Waals surface area contributed by atoms with Crippen LogP contribution in [0.3, 0.4) is 0 Å². The summed E-state index contributed by atoms with van der Waals surface area (Å²) < 4.78 is 10.8. The number of carbonyl (C=O) groups is 2. The highest BCUT2D eigenvalue weighted by Crippen LogP contribution is 2.26. The summed E-state index contributed by atoms with van der Waals surface area (Å²) >= 11 is 0. The van der Waals surface area contributed by atoms with Crippen molar-refractivity contribution < 1.29 is 19.1 Å². The molecular formula is C21H26N2O4. The van der Waals surface area contributed by atoms with Gasteiger partial charge in [0.2, 0.25) is 5.91 Å². The van der Waals surface area contributed by atoms with Gasteiger partial charge in [-0.1, -0.05) is 29.8 Å². The van der Waals surface area contributed by atoms with Crippen LogP contribution in [0.4, 0.5) is 0 Å². The molecule has 1 atom stereocenters. The maximum atomic E-state index is 12.4. The third-order valence-corrected chi connectivity index (χ3v) is 4.07. The van der Waals surface area contributed by atoms with E-state index in [-0.39, 0.29) is 24.4 Å². The van der Waals surface area contributed by atoms with Gasteiger partial charge < -0.3 is 20.1 Å². The third-order valence-electron chi connectivity index (χ3n) is 4.07. The number of methoxy groups -OCH3 is 1. The lowest BCUT2D eigenvalue weighted by Crippen LogP contribution is -2.38. The molecule has 2 amide bonds. The van der Waals surface area contributed by atoms with Crippen LogP contribution in [-0.4, -0.2) is 32.1 Å². The predicted molar refractivity (Wildman–Crippen MR) is 104 cm³/mol. The Morgan fingerprint density at radius 2 is 1.85 bits per heavy atom. The summed E-state index contributed by atoms with van der Waals surface area (Å²) in [6.45, 7) is 6.04. The topological polar surface area (TPSA) is 76.7 Å². The molecule has 0 heterocycles. The van der Waals surface area contributed by atoms with Crippen molar-refractivity contribution >= 4 is 11.8 Å². The second kappa shape index (κ2) is 9.62. The zero-order chi connectivity index (χ0) is 19.8. The van der Waals surface area contributed by atoms with E-state index in [1.165, 1.54) is 0 Å². The molecule has 6 heteroatoms. The Hall–Kier alpha value is -3.02. The molecule has 0 aromatic heterocycles. The fourth-order valence-corrected chi connectivity index (χ4v) is 2.75. The molecule has 0 unspecified atom stereocenters. The number of ether oxygens (including phenoxy) is 2. The molecule has 0 fully saturated rings. The monoisotopic (exact) mass is 370 g/mol. The first-order valence-electron chi connectivity index (χ1n) is 8.90. The number of hydrogen-bond donors (Lipinski definition) is 2. The van der Waals surface area contributed by atoms with Crippen molar-refractivity contribution in [3.63, 3.8) is 0 Å². The summed E-state index contributed by atoms with van der Waals surface area (Å²) in [7, 11) is 1.60. The molecule has 27 heavy (non-hydrogen) atoms. The average Bonchev–Trinajstić information content (AvgIpc) is 2.66. The van der Waals surface area contributed by atoms with Crippen LogP contribution < -0.4 is 20.1 Å². The van der Waals surface area contributed by atoms with Gasteiger partial charge in [-0.05, 0) is 39.0 Å². The van der Waals surface area contributed by atoms with Crippen molar-refractivity contribution in [2.24, 2.45) is 0 Å². The summed E-state index contributed by atoms with van der Waals surface area (Å²) in [5, 5.41) is 5.51. The van der Waals surface area contributed by atoms with E-state index in [1.54, 1.807) is 31.4 Å². The van der Waals surface area contributed by atoms with Crippen LogP contribution in [0, 0.1) is 6.92 Å². The van der Waals surface area contributed by atoms with Crippen molar-refractivity contribution in [1.29, 1.82) is 0 Å². The maximum absolute atomic E-state index is 12.4. The van der Waals surface area contributed by atoms with E-state index in [1.807, 2.05) is 39.0 Å². The Labute approximate surface area is 159 Å². The first kappa shape index (κ1) is 20.3. The summed E-state index contributed by atoms with van der Waals surface area (Å²) in [6.07, 6.45) is 0. The van der Waals surface area contributed by atoms with Crippen LogP contribution in [0.1, 0.15) is 41.4 Å². The Bertz CT molecular complexity index is 805. The van der Waals surface area contributed by atoms with Crippen LogP contribution in [0.15, 0.2) is 42.5 Å². The molecular weight excluding hydrogens is 344 g/mol. The fourth-order valence-electron chi connectivity index (χ4n) is 2.75. The molecule has 2 aromatic carbocycles. The van der Waals surface area contributed by atoms with Crippen molar-refractivity contribution in [2.45, 2.75) is 26.8 Å². The number of nitrogens with one attached hydrogen (secondary N) is 2. The third kappa shape index (κ3) is 5.48. The molecule has 6 nitrogen and oxygen atoms in total. The van der Waals surface area contributed by atoms with Gasteiger partial charge in [-0.3, -0.25) is 9.59 Å². The minimum atomic E-state index is -0.352. The largest absolute Gasteiger partial charge is 0.496 e. The molecule has 0 aliphatic heterocycles. The van der Waals surface area contributed by atoms with Gasteiger partial charge in [0.15, 0.2) is 0 Å². The quantitative estimate of drug-likeness (QED) is 0.749. The summed E-state index contributed by atoms with van der Waals surface area (Å²) in [5.41, 5.74) is 2.37. The average molecular weight is 370 g/mol. The first-order valence-corrected chi connectivity index (χ1v) is 8.90. The van der Waals surface area contributed by atoms with E-state index in [0.29, 0.717) is 23.7 Å². The van der Waals surface area contributed by atoms with Gasteiger partial charge in [-0.15, -0.1) is 0 Å². The summed E-state index contributed by atoms with van der Waals surface area (Å²) in [6, 6.07) is 12.5. The SMILES string of the molecule is CCOc1ccccc1C(=O)NCC(=O)N[C@@H](C)c1cc(C)ccc1OC. The summed E-state index contributed by atoms with van der Waals surface area (Å²) in [4.78, 5) is 24.6. The highest BCUT2D eigenvalue weighted by molar-refractivity contribution is 5.98. The first-order chi connectivity index (χ1) is 13.0. The molecule has 2 aromatic rings. The lowest BCUT2D eigenvalue weighted by Gasteiger charge is -2.18. The van der Waals surface area contributed by atoms with Gasteiger partial charge in [-0.25, -0.2) is 0 Å². The molecule has 0 spiro atoms. The fraction of sp³-hybridized carbons (Fsp3) is 0.333. The smallest absolute Gasteiger partial charge is 0.255 e. The Balaban J connectivity index is 1.96. The number of benzene rings is 2. The Morgan fingerprint density at radius 3 is 2.56 bits per heavy atom. The predicted octanol–water partition coefficient (Wildman–Crippen LogP) is 3.01. The second-order valence-electron chi connectivity index (χ2n) is 6.15. The Morgan fingerprint density at radius 1 is 1.11 bits per heavy atom. The zero-order valence-electron chi connectivity index (χ0n) is 16.2. The normalized spacial score (nSPS) is 11.4. The lowest BCUT2D eigenvalue weighted by atomic mass is 10.0. The molecule has 2 N–H and O–H groups in total. The highest BCUT2D eigenvalue weighted by atomic mass is 16.5. The number of amides is 2. The molecule has 144 valence electrons. The maximum Gasteiger partial charge on any atom is 0.255 e. The van der Waals surface area contributed by atoms with E-state index in [2.05, 4.69) is 10.6 Å². The van der Waals surface area contributed by atoms with E-state index in [9.17, 15) is 9.59 Å². The standard InChI is InChI=1S/C21H26N2O4/c1-5-27-19-9-7-6-8-16(19)21(25)22-13-20(24)23-15(3)17-12-14(2)10-11-18(17)26-4/h6-12,15H,5,13H2,1-4H3,(H,22,25)(H,23,24)/t15-/m0/s1. The van der Waals surface area contributed by atoms with E-state index >= 15 is 0 Å². The number of rotatable bonds is 8. The molecule has 0 bridgehead atoms. The van der Waals surface area contributed by atoms with Gasteiger partial charge in [-0.2, -0.15) is 0 Å². The van der Waals surface area contributed by atoms with E-state index in [0.717, 1.165) is 11.1 Å². The van der Waals surface area contributed by atoms with Crippen molar-refractivity contribution in [3.8, 4) is 11.5 Å². The number of hydrogen-bond acceptors (Lipinski definition) is 4. The van der Waals surface area contributed by atoms with Crippen LogP contribution in [0.5, 0.6) is 11.5 Å². The van der Waals surface area contributed by atoms with Crippen molar-refractivity contribution in [3.05, 3.63) is 59.2 Å². The lowest BCUT2D eigenvalue weighted by molar-refractivity contribution is -0.120. The van der Waals surface area contributed by atoms with Crippen LogP contribution in [0.2, 0.25) is 0 Å². The number of para-hydroxylation sites is 1. The molecule has 0 saturated heterocycles. The molecule has 0 aliphatic rings. The van der Waals surface area contributed by atoms with Gasteiger partial charge in [0, 0.05) is 5.56 Å². The number of carbonyl (C=O) groups excluding carboxylic acids is 2. The minimum Gasteiger partial charge on any atom is -0.496 e. The molecule has 0 aliphatic carbocycles. The minimum absolute atomic E-state index is 0.127. The second-order valence-corrected chi connectivity index (χ2v) is 6.15. The van der Waals surface area contributed by atoms with Crippen LogP contribution in [-0.2, 0) is 4.79 Å². The van der Waals surface area contributed by atoms with Crippen LogP contribution in [0.25, 0.3) is 0 Å². The van der Waals surface area contributed by atoms with Gasteiger partial charge >= 0.3 is 0 Å². The Kier molecular flexibility index (Phi) is 7.23.